The van der Waals surface area contributed by atoms with Crippen LogP contribution < -0.4 is 20.5 Å². The summed E-state index contributed by atoms with van der Waals surface area (Å²) in [7, 11) is 1.64. The van der Waals surface area contributed by atoms with Gasteiger partial charge in [-0.05, 0) is 42.8 Å². The Kier molecular flexibility index (Phi) is 3.39. The SMILES string of the molecule is COc1ccc(C)cc1NC1=Nc2cc(N)ccc2OC1. The average molecular weight is 283 g/mol. The summed E-state index contributed by atoms with van der Waals surface area (Å²) in [5.41, 5.74) is 9.18. The highest BCUT2D eigenvalue weighted by Crippen LogP contribution is 2.33. The number of hydrogen-bond acceptors (Lipinski definition) is 5. The molecule has 5 heteroatoms. The Bertz CT molecular complexity index is 711. The van der Waals surface area contributed by atoms with Crippen LogP contribution in [-0.2, 0) is 0 Å². The van der Waals surface area contributed by atoms with Gasteiger partial charge in [0, 0.05) is 5.69 Å². The molecule has 5 nitrogen and oxygen atoms in total. The molecule has 1 heterocycles. The number of methoxy groups -OCH3 is 1. The third-order valence-corrected chi connectivity index (χ3v) is 3.24. The van der Waals surface area contributed by atoms with E-state index in [-0.39, 0.29) is 0 Å². The minimum Gasteiger partial charge on any atom is -0.495 e. The zero-order valence-electron chi connectivity index (χ0n) is 12.0. The highest BCUT2D eigenvalue weighted by atomic mass is 16.5. The first-order chi connectivity index (χ1) is 10.2. The molecular formula is C16H17N3O2. The minimum absolute atomic E-state index is 0.383. The van der Waals surface area contributed by atoms with Crippen molar-refractivity contribution in [1.29, 1.82) is 0 Å². The Morgan fingerprint density at radius 1 is 1.24 bits per heavy atom. The number of nitrogens with one attached hydrogen (secondary N) is 1. The molecule has 0 aromatic heterocycles. The standard InChI is InChI=1S/C16H17N3O2/c1-10-3-5-14(20-2)12(7-10)18-16-9-21-15-6-4-11(17)8-13(15)19-16/h3-8H,9,17H2,1-2H3,(H,18,19). The number of anilines is 2. The fraction of sp³-hybridized carbons (Fsp3) is 0.188. The van der Waals surface area contributed by atoms with Crippen molar-refractivity contribution in [1.82, 2.24) is 0 Å². The maximum Gasteiger partial charge on any atom is 0.146 e. The van der Waals surface area contributed by atoms with E-state index in [2.05, 4.69) is 10.3 Å². The molecule has 108 valence electrons. The van der Waals surface area contributed by atoms with Crippen molar-refractivity contribution in [2.75, 3.05) is 24.8 Å². The van der Waals surface area contributed by atoms with Gasteiger partial charge in [-0.2, -0.15) is 0 Å². The lowest BCUT2D eigenvalue weighted by atomic mass is 10.2. The van der Waals surface area contributed by atoms with Crippen LogP contribution >= 0.6 is 0 Å². The maximum absolute atomic E-state index is 5.78. The first-order valence-electron chi connectivity index (χ1n) is 6.67. The summed E-state index contributed by atoms with van der Waals surface area (Å²) in [6.45, 7) is 2.41. The molecule has 0 fully saturated rings. The normalized spacial score (nSPS) is 13.0. The van der Waals surface area contributed by atoms with Gasteiger partial charge < -0.3 is 20.5 Å². The minimum atomic E-state index is 0.383. The smallest absolute Gasteiger partial charge is 0.146 e. The van der Waals surface area contributed by atoms with E-state index in [1.807, 2.05) is 31.2 Å². The lowest BCUT2D eigenvalue weighted by molar-refractivity contribution is 0.372. The molecular weight excluding hydrogens is 266 g/mol. The summed E-state index contributed by atoms with van der Waals surface area (Å²) in [5.74, 6) is 2.23. The molecule has 0 unspecified atom stereocenters. The van der Waals surface area contributed by atoms with Crippen LogP contribution in [-0.4, -0.2) is 19.6 Å². The Hall–Kier alpha value is -2.69. The third kappa shape index (κ3) is 2.76. The number of hydrogen-bond donors (Lipinski definition) is 2. The number of ether oxygens (including phenoxy) is 2. The van der Waals surface area contributed by atoms with Crippen LogP contribution in [0.5, 0.6) is 11.5 Å². The molecule has 1 aliphatic rings. The number of nitrogen functional groups attached to an aromatic ring is 1. The first kappa shape index (κ1) is 13.3. The summed E-state index contributed by atoms with van der Waals surface area (Å²) >= 11 is 0. The van der Waals surface area contributed by atoms with Gasteiger partial charge in [0.15, 0.2) is 0 Å². The maximum atomic E-state index is 5.78. The first-order valence-corrected chi connectivity index (χ1v) is 6.67. The van der Waals surface area contributed by atoms with Crippen molar-refractivity contribution in [3.63, 3.8) is 0 Å². The summed E-state index contributed by atoms with van der Waals surface area (Å²) < 4.78 is 11.0. The van der Waals surface area contributed by atoms with E-state index < -0.39 is 0 Å². The average Bonchev–Trinajstić information content (AvgIpc) is 2.47. The predicted molar refractivity (Wildman–Crippen MR) is 84.8 cm³/mol. The molecule has 2 aromatic carbocycles. The van der Waals surface area contributed by atoms with Crippen molar-refractivity contribution < 1.29 is 9.47 Å². The second kappa shape index (κ2) is 5.36. The molecule has 0 atom stereocenters. The van der Waals surface area contributed by atoms with Crippen LogP contribution in [0.4, 0.5) is 17.1 Å². The number of rotatable bonds is 2. The fourth-order valence-corrected chi connectivity index (χ4v) is 2.21. The van der Waals surface area contributed by atoms with Crippen molar-refractivity contribution >= 4 is 22.9 Å². The van der Waals surface area contributed by atoms with E-state index in [9.17, 15) is 0 Å². The molecule has 3 N–H and O–H groups in total. The van der Waals surface area contributed by atoms with E-state index in [4.69, 9.17) is 15.2 Å². The molecule has 0 bridgehead atoms. The van der Waals surface area contributed by atoms with Gasteiger partial charge in [0.2, 0.25) is 0 Å². The summed E-state index contributed by atoms with van der Waals surface area (Å²) in [4.78, 5) is 4.55. The highest BCUT2D eigenvalue weighted by molar-refractivity contribution is 6.00. The molecule has 0 spiro atoms. The van der Waals surface area contributed by atoms with Gasteiger partial charge in [0.1, 0.15) is 29.6 Å². The zero-order chi connectivity index (χ0) is 14.8. The summed E-state index contributed by atoms with van der Waals surface area (Å²) in [6.07, 6.45) is 0. The van der Waals surface area contributed by atoms with Crippen LogP contribution in [0, 0.1) is 6.92 Å². The fourth-order valence-electron chi connectivity index (χ4n) is 2.21. The molecule has 0 amide bonds. The molecule has 1 aliphatic heterocycles. The van der Waals surface area contributed by atoms with Gasteiger partial charge in [-0.3, -0.25) is 0 Å². The summed E-state index contributed by atoms with van der Waals surface area (Å²) in [5, 5.41) is 3.26. The quantitative estimate of drug-likeness (QED) is 0.831. The molecule has 0 saturated heterocycles. The second-order valence-corrected chi connectivity index (χ2v) is 4.90. The van der Waals surface area contributed by atoms with Crippen LogP contribution in [0.3, 0.4) is 0 Å². The number of aryl methyl sites for hydroxylation is 1. The number of amidine groups is 1. The van der Waals surface area contributed by atoms with Gasteiger partial charge >= 0.3 is 0 Å². The molecule has 0 saturated carbocycles. The lowest BCUT2D eigenvalue weighted by Crippen LogP contribution is -2.23. The Morgan fingerprint density at radius 2 is 2.10 bits per heavy atom. The molecule has 0 radical (unpaired) electrons. The van der Waals surface area contributed by atoms with Gasteiger partial charge in [-0.1, -0.05) is 6.07 Å². The Balaban J connectivity index is 1.91. The van der Waals surface area contributed by atoms with E-state index in [0.717, 1.165) is 34.3 Å². The molecule has 3 rings (SSSR count). The number of nitrogens with two attached hydrogens (primary N) is 1. The molecule has 21 heavy (non-hydrogen) atoms. The van der Waals surface area contributed by atoms with Gasteiger partial charge in [0.25, 0.3) is 0 Å². The largest absolute Gasteiger partial charge is 0.495 e. The number of aliphatic imine (C=N–C) groups is 1. The highest BCUT2D eigenvalue weighted by Gasteiger charge is 2.14. The van der Waals surface area contributed by atoms with E-state index in [0.29, 0.717) is 12.3 Å². The summed E-state index contributed by atoms with van der Waals surface area (Å²) in [6, 6.07) is 11.4. The monoisotopic (exact) mass is 283 g/mol. The van der Waals surface area contributed by atoms with Crippen LogP contribution in [0.25, 0.3) is 0 Å². The molecule has 0 aliphatic carbocycles. The van der Waals surface area contributed by atoms with E-state index >= 15 is 0 Å². The van der Waals surface area contributed by atoms with Crippen LogP contribution in [0.2, 0.25) is 0 Å². The van der Waals surface area contributed by atoms with Gasteiger partial charge in [0.05, 0.1) is 12.8 Å². The van der Waals surface area contributed by atoms with Crippen molar-refractivity contribution in [3.8, 4) is 11.5 Å². The van der Waals surface area contributed by atoms with Crippen LogP contribution in [0.15, 0.2) is 41.4 Å². The van der Waals surface area contributed by atoms with Gasteiger partial charge in [-0.15, -0.1) is 0 Å². The predicted octanol–water partition coefficient (Wildman–Crippen LogP) is 3.12. The van der Waals surface area contributed by atoms with Gasteiger partial charge in [-0.25, -0.2) is 4.99 Å². The zero-order valence-corrected chi connectivity index (χ0v) is 12.0. The second-order valence-electron chi connectivity index (χ2n) is 4.90. The number of nitrogens with zero attached hydrogens (tertiary/aromatic N) is 1. The topological polar surface area (TPSA) is 68.9 Å². The molecule has 2 aromatic rings. The Labute approximate surface area is 123 Å². The van der Waals surface area contributed by atoms with Crippen molar-refractivity contribution in [2.45, 2.75) is 6.92 Å². The van der Waals surface area contributed by atoms with E-state index in [1.54, 1.807) is 19.2 Å². The van der Waals surface area contributed by atoms with Crippen LogP contribution in [0.1, 0.15) is 5.56 Å². The lowest BCUT2D eigenvalue weighted by Gasteiger charge is -2.19. The number of fused-ring (bicyclic) bond motifs is 1. The van der Waals surface area contributed by atoms with Crippen molar-refractivity contribution in [2.24, 2.45) is 4.99 Å². The number of benzene rings is 2. The third-order valence-electron chi connectivity index (χ3n) is 3.24. The van der Waals surface area contributed by atoms with Crippen molar-refractivity contribution in [3.05, 3.63) is 42.0 Å². The Morgan fingerprint density at radius 3 is 2.90 bits per heavy atom. The van der Waals surface area contributed by atoms with E-state index in [1.165, 1.54) is 0 Å².